The second-order valence-electron chi connectivity index (χ2n) is 5.23. The molecule has 0 aliphatic carbocycles. The van der Waals surface area contributed by atoms with E-state index in [1.807, 2.05) is 30.3 Å². The van der Waals surface area contributed by atoms with Gasteiger partial charge in [0, 0.05) is 22.8 Å². The number of hydrogen-bond acceptors (Lipinski definition) is 3. The molecule has 1 N–H and O–H groups in total. The molecule has 1 aromatic heterocycles. The van der Waals surface area contributed by atoms with Crippen LogP contribution in [0.25, 0.3) is 5.69 Å². The van der Waals surface area contributed by atoms with Gasteiger partial charge in [0.05, 0.1) is 17.3 Å². The zero-order chi connectivity index (χ0) is 17.8. The number of aromatic nitrogens is 2. The Labute approximate surface area is 151 Å². The van der Waals surface area contributed by atoms with Gasteiger partial charge in [0.15, 0.2) is 5.69 Å². The minimum Gasteiger partial charge on any atom is -0.346 e. The van der Waals surface area contributed by atoms with Crippen molar-refractivity contribution in [1.29, 1.82) is 5.26 Å². The van der Waals surface area contributed by atoms with Crippen LogP contribution in [0.5, 0.6) is 0 Å². The largest absolute Gasteiger partial charge is 0.346 e. The maximum atomic E-state index is 13.7. The van der Waals surface area contributed by atoms with E-state index in [0.29, 0.717) is 5.56 Å². The SMILES string of the molecule is N#Cc1ccc(F)c(CNC(=O)c2ccn(-c3cccc(Br)c3)n2)c1. The molecule has 0 aliphatic heterocycles. The van der Waals surface area contributed by atoms with Crippen molar-refractivity contribution in [3.63, 3.8) is 0 Å². The summed E-state index contributed by atoms with van der Waals surface area (Å²) >= 11 is 3.39. The molecule has 0 saturated heterocycles. The lowest BCUT2D eigenvalue weighted by molar-refractivity contribution is 0.0945. The van der Waals surface area contributed by atoms with E-state index in [9.17, 15) is 9.18 Å². The number of halogens is 2. The maximum Gasteiger partial charge on any atom is 0.272 e. The Morgan fingerprint density at radius 1 is 1.28 bits per heavy atom. The monoisotopic (exact) mass is 398 g/mol. The van der Waals surface area contributed by atoms with E-state index in [2.05, 4.69) is 26.3 Å². The number of rotatable bonds is 4. The summed E-state index contributed by atoms with van der Waals surface area (Å²) in [5.74, 6) is -0.894. The van der Waals surface area contributed by atoms with Crippen molar-refractivity contribution in [1.82, 2.24) is 15.1 Å². The lowest BCUT2D eigenvalue weighted by atomic mass is 10.1. The first-order valence-electron chi connectivity index (χ1n) is 7.35. The summed E-state index contributed by atoms with van der Waals surface area (Å²) in [4.78, 5) is 12.2. The summed E-state index contributed by atoms with van der Waals surface area (Å²) in [7, 11) is 0. The molecular weight excluding hydrogens is 387 g/mol. The highest BCUT2D eigenvalue weighted by Gasteiger charge is 2.12. The van der Waals surface area contributed by atoms with Gasteiger partial charge in [0.25, 0.3) is 5.91 Å². The highest BCUT2D eigenvalue weighted by Crippen LogP contribution is 2.15. The van der Waals surface area contributed by atoms with Gasteiger partial charge in [0.2, 0.25) is 0 Å². The summed E-state index contributed by atoms with van der Waals surface area (Å²) in [6, 6.07) is 15.0. The molecule has 0 saturated carbocycles. The Balaban J connectivity index is 1.72. The maximum absolute atomic E-state index is 13.7. The molecule has 3 rings (SSSR count). The highest BCUT2D eigenvalue weighted by molar-refractivity contribution is 9.10. The van der Waals surface area contributed by atoms with Gasteiger partial charge in [-0.3, -0.25) is 4.79 Å². The first-order chi connectivity index (χ1) is 12.1. The van der Waals surface area contributed by atoms with Crippen molar-refractivity contribution in [2.24, 2.45) is 0 Å². The quantitative estimate of drug-likeness (QED) is 0.729. The lowest BCUT2D eigenvalue weighted by Crippen LogP contribution is -2.24. The molecule has 0 unspecified atom stereocenters. The van der Waals surface area contributed by atoms with Crippen LogP contribution in [0.4, 0.5) is 4.39 Å². The molecule has 0 aliphatic rings. The van der Waals surface area contributed by atoms with Crippen LogP contribution in [0.1, 0.15) is 21.6 Å². The molecule has 7 heteroatoms. The Morgan fingerprint density at radius 3 is 2.88 bits per heavy atom. The molecule has 0 atom stereocenters. The fourth-order valence-electron chi connectivity index (χ4n) is 2.25. The third kappa shape index (κ3) is 3.92. The molecule has 0 bridgehead atoms. The molecular formula is C18H12BrFN4O. The molecule has 0 radical (unpaired) electrons. The van der Waals surface area contributed by atoms with Crippen LogP contribution < -0.4 is 5.32 Å². The van der Waals surface area contributed by atoms with Gasteiger partial charge in [-0.05, 0) is 42.5 Å². The molecule has 3 aromatic rings. The van der Waals surface area contributed by atoms with Crippen LogP contribution in [-0.4, -0.2) is 15.7 Å². The minimum atomic E-state index is -0.473. The summed E-state index contributed by atoms with van der Waals surface area (Å²) in [6.07, 6.45) is 1.67. The van der Waals surface area contributed by atoms with Gasteiger partial charge < -0.3 is 5.32 Å². The Morgan fingerprint density at radius 2 is 2.12 bits per heavy atom. The van der Waals surface area contributed by atoms with Gasteiger partial charge in [-0.25, -0.2) is 9.07 Å². The van der Waals surface area contributed by atoms with Gasteiger partial charge >= 0.3 is 0 Å². The van der Waals surface area contributed by atoms with Crippen molar-refractivity contribution in [2.75, 3.05) is 0 Å². The standard InChI is InChI=1S/C18H12BrFN4O/c19-14-2-1-3-15(9-14)24-7-6-17(23-24)18(25)22-11-13-8-12(10-21)4-5-16(13)20/h1-9H,11H2,(H,22,25). The number of nitrogens with one attached hydrogen (secondary N) is 1. The van der Waals surface area contributed by atoms with Gasteiger partial charge in [-0.1, -0.05) is 22.0 Å². The summed E-state index contributed by atoms with van der Waals surface area (Å²) in [5.41, 5.74) is 1.61. The van der Waals surface area contributed by atoms with Crippen LogP contribution in [0.2, 0.25) is 0 Å². The Kier molecular flexibility index (Phi) is 4.91. The van der Waals surface area contributed by atoms with Crippen molar-refractivity contribution in [2.45, 2.75) is 6.54 Å². The predicted octanol–water partition coefficient (Wildman–Crippen LogP) is 3.58. The number of nitrogens with zero attached hydrogens (tertiary/aromatic N) is 3. The van der Waals surface area contributed by atoms with Crippen molar-refractivity contribution < 1.29 is 9.18 Å². The smallest absolute Gasteiger partial charge is 0.272 e. The third-order valence-electron chi connectivity index (χ3n) is 3.51. The van der Waals surface area contributed by atoms with Crippen LogP contribution in [0.15, 0.2) is 59.2 Å². The number of benzene rings is 2. The van der Waals surface area contributed by atoms with Crippen molar-refractivity contribution >= 4 is 21.8 Å². The zero-order valence-electron chi connectivity index (χ0n) is 12.9. The fourth-order valence-corrected chi connectivity index (χ4v) is 2.64. The van der Waals surface area contributed by atoms with E-state index < -0.39 is 11.7 Å². The Bertz CT molecular complexity index is 977. The second-order valence-corrected chi connectivity index (χ2v) is 6.14. The van der Waals surface area contributed by atoms with E-state index in [-0.39, 0.29) is 17.8 Å². The average Bonchev–Trinajstić information content (AvgIpc) is 3.11. The molecule has 2 aromatic carbocycles. The van der Waals surface area contributed by atoms with Crippen molar-refractivity contribution in [3.8, 4) is 11.8 Å². The Hall–Kier alpha value is -2.98. The molecule has 5 nitrogen and oxygen atoms in total. The molecule has 1 amide bonds. The zero-order valence-corrected chi connectivity index (χ0v) is 14.5. The number of amides is 1. The second kappa shape index (κ2) is 7.28. The summed E-state index contributed by atoms with van der Waals surface area (Å²) < 4.78 is 16.2. The number of nitriles is 1. The van der Waals surface area contributed by atoms with E-state index in [0.717, 1.165) is 10.2 Å². The molecule has 124 valence electrons. The summed E-state index contributed by atoms with van der Waals surface area (Å²) in [6.45, 7) is -0.0239. The van der Waals surface area contributed by atoms with E-state index in [1.54, 1.807) is 16.9 Å². The summed E-state index contributed by atoms with van der Waals surface area (Å²) in [5, 5.41) is 15.7. The first kappa shape index (κ1) is 16.9. The highest BCUT2D eigenvalue weighted by atomic mass is 79.9. The normalized spacial score (nSPS) is 10.3. The number of hydrogen-bond donors (Lipinski definition) is 1. The van der Waals surface area contributed by atoms with Crippen LogP contribution in [0, 0.1) is 17.1 Å². The predicted molar refractivity (Wildman–Crippen MR) is 93.5 cm³/mol. The molecule has 1 heterocycles. The minimum absolute atomic E-state index is 0.0239. The van der Waals surface area contributed by atoms with Crippen LogP contribution >= 0.6 is 15.9 Å². The average molecular weight is 399 g/mol. The fraction of sp³-hybridized carbons (Fsp3) is 0.0556. The van der Waals surface area contributed by atoms with Gasteiger partial charge in [-0.2, -0.15) is 10.4 Å². The third-order valence-corrected chi connectivity index (χ3v) is 4.00. The number of carbonyl (C=O) groups is 1. The van der Waals surface area contributed by atoms with E-state index >= 15 is 0 Å². The van der Waals surface area contributed by atoms with Crippen LogP contribution in [0.3, 0.4) is 0 Å². The lowest BCUT2D eigenvalue weighted by Gasteiger charge is -2.05. The van der Waals surface area contributed by atoms with Crippen molar-refractivity contribution in [3.05, 3.63) is 81.8 Å². The van der Waals surface area contributed by atoms with Gasteiger partial charge in [-0.15, -0.1) is 0 Å². The van der Waals surface area contributed by atoms with Crippen LogP contribution in [-0.2, 0) is 6.54 Å². The number of carbonyl (C=O) groups excluding carboxylic acids is 1. The topological polar surface area (TPSA) is 70.7 Å². The van der Waals surface area contributed by atoms with E-state index in [4.69, 9.17) is 5.26 Å². The first-order valence-corrected chi connectivity index (χ1v) is 8.14. The molecule has 25 heavy (non-hydrogen) atoms. The molecule has 0 fully saturated rings. The van der Waals surface area contributed by atoms with Gasteiger partial charge in [0.1, 0.15) is 5.82 Å². The van der Waals surface area contributed by atoms with E-state index in [1.165, 1.54) is 18.2 Å². The molecule has 0 spiro atoms.